The van der Waals surface area contributed by atoms with Gasteiger partial charge in [0.2, 0.25) is 0 Å². The second kappa shape index (κ2) is 10.3. The van der Waals surface area contributed by atoms with Gasteiger partial charge in [0, 0.05) is 12.1 Å². The minimum absolute atomic E-state index is 0.277. The maximum absolute atomic E-state index is 12.0. The van der Waals surface area contributed by atoms with Gasteiger partial charge in [0.15, 0.2) is 16.6 Å². The maximum Gasteiger partial charge on any atom is 0.477 e. The highest BCUT2D eigenvalue weighted by Crippen LogP contribution is 2.25. The van der Waals surface area contributed by atoms with Crippen LogP contribution < -0.4 is 0 Å². The third kappa shape index (κ3) is 10.8. The molecule has 1 N–H and O–H groups in total. The first-order valence-corrected chi connectivity index (χ1v) is 18.2. The van der Waals surface area contributed by atoms with Crippen molar-refractivity contribution in [2.45, 2.75) is 84.7 Å². The second-order valence-corrected chi connectivity index (χ2v) is 20.7. The van der Waals surface area contributed by atoms with Gasteiger partial charge in [-0.3, -0.25) is 0 Å². The summed E-state index contributed by atoms with van der Waals surface area (Å²) in [5.74, 6) is -0.480. The lowest BCUT2D eigenvalue weighted by molar-refractivity contribution is -0.152. The van der Waals surface area contributed by atoms with E-state index in [1.165, 1.54) is 0 Å². The van der Waals surface area contributed by atoms with Gasteiger partial charge in [-0.2, -0.15) is 0 Å². The standard InChI is InChI=1S/C17H38O6Si3/c1-11-12-15(20-17(19)14(2)3)16(13-18)21-26(10,22-24(4,5)6)23-25(7,8)9/h15-16,18H,2,11-13H2,1,3-10H3. The van der Waals surface area contributed by atoms with E-state index in [0.29, 0.717) is 12.0 Å². The van der Waals surface area contributed by atoms with Gasteiger partial charge in [0.05, 0.1) is 6.61 Å². The van der Waals surface area contributed by atoms with Crippen molar-refractivity contribution in [3.63, 3.8) is 0 Å². The molecule has 0 rings (SSSR count). The summed E-state index contributed by atoms with van der Waals surface area (Å²) in [6.07, 6.45) is 0.101. The zero-order chi connectivity index (χ0) is 20.8. The van der Waals surface area contributed by atoms with Crippen LogP contribution in [0.2, 0.25) is 45.8 Å². The Kier molecular flexibility index (Phi) is 10.2. The highest BCUT2D eigenvalue weighted by Gasteiger charge is 2.46. The lowest BCUT2D eigenvalue weighted by Gasteiger charge is -2.40. The molecule has 2 atom stereocenters. The molecule has 0 aromatic rings. The molecule has 0 fully saturated rings. The average Bonchev–Trinajstić information content (AvgIpc) is 2.39. The Hall–Kier alpha value is -0.299. The largest absolute Gasteiger partial charge is 0.477 e. The number of aliphatic hydroxyl groups excluding tert-OH is 1. The van der Waals surface area contributed by atoms with Gasteiger partial charge in [-0.15, -0.1) is 0 Å². The number of hydrogen-bond donors (Lipinski definition) is 1. The third-order valence-corrected chi connectivity index (χ3v) is 11.7. The Labute approximate surface area is 162 Å². The van der Waals surface area contributed by atoms with E-state index in [1.54, 1.807) is 6.92 Å². The molecule has 0 aliphatic heterocycles. The summed E-state index contributed by atoms with van der Waals surface area (Å²) in [4.78, 5) is 12.0. The first kappa shape index (κ1) is 25.7. The highest BCUT2D eigenvalue weighted by atomic mass is 28.5. The van der Waals surface area contributed by atoms with E-state index in [-0.39, 0.29) is 6.61 Å². The topological polar surface area (TPSA) is 74.2 Å². The molecule has 0 saturated heterocycles. The van der Waals surface area contributed by atoms with Crippen molar-refractivity contribution in [2.24, 2.45) is 0 Å². The van der Waals surface area contributed by atoms with Gasteiger partial charge >= 0.3 is 14.8 Å². The van der Waals surface area contributed by atoms with Crippen LogP contribution in [0.5, 0.6) is 0 Å². The first-order chi connectivity index (χ1) is 11.6. The van der Waals surface area contributed by atoms with Gasteiger partial charge in [-0.05, 0) is 52.6 Å². The third-order valence-electron chi connectivity index (χ3n) is 3.12. The van der Waals surface area contributed by atoms with Crippen molar-refractivity contribution < 1.29 is 27.3 Å². The molecule has 9 heteroatoms. The summed E-state index contributed by atoms with van der Waals surface area (Å²) >= 11 is 0. The summed E-state index contributed by atoms with van der Waals surface area (Å²) in [6, 6.07) is 0. The smallest absolute Gasteiger partial charge is 0.456 e. The molecule has 0 saturated carbocycles. The van der Waals surface area contributed by atoms with Crippen LogP contribution in [0.1, 0.15) is 26.7 Å². The molecule has 0 amide bonds. The van der Waals surface area contributed by atoms with Gasteiger partial charge in [0.25, 0.3) is 0 Å². The Bertz CT molecular complexity index is 454. The molecular weight excluding hydrogens is 384 g/mol. The normalized spacial score (nSPS) is 15.5. The van der Waals surface area contributed by atoms with E-state index in [1.807, 2.05) is 13.5 Å². The number of hydrogen-bond acceptors (Lipinski definition) is 6. The summed E-state index contributed by atoms with van der Waals surface area (Å²) in [5.41, 5.74) is 0.319. The van der Waals surface area contributed by atoms with Crippen LogP contribution in [-0.4, -0.2) is 55.3 Å². The maximum atomic E-state index is 12.0. The van der Waals surface area contributed by atoms with Crippen LogP contribution in [0.3, 0.4) is 0 Å². The van der Waals surface area contributed by atoms with Gasteiger partial charge in [-0.1, -0.05) is 19.9 Å². The number of ether oxygens (including phenoxy) is 1. The van der Waals surface area contributed by atoms with Crippen LogP contribution in [0, 0.1) is 0 Å². The van der Waals surface area contributed by atoms with Gasteiger partial charge in [-0.25, -0.2) is 4.79 Å². The number of esters is 1. The fourth-order valence-electron chi connectivity index (χ4n) is 2.53. The minimum Gasteiger partial charge on any atom is -0.456 e. The Balaban J connectivity index is 5.53. The van der Waals surface area contributed by atoms with Crippen molar-refractivity contribution >= 4 is 31.4 Å². The predicted octanol–water partition coefficient (Wildman–Crippen LogP) is 3.92. The van der Waals surface area contributed by atoms with Crippen molar-refractivity contribution in [1.29, 1.82) is 0 Å². The summed E-state index contributed by atoms with van der Waals surface area (Å²) in [5, 5.41) is 9.93. The highest BCUT2D eigenvalue weighted by molar-refractivity contribution is 6.85. The lowest BCUT2D eigenvalue weighted by atomic mass is 10.1. The zero-order valence-corrected chi connectivity index (χ0v) is 21.0. The van der Waals surface area contributed by atoms with Crippen molar-refractivity contribution in [3.05, 3.63) is 12.2 Å². The van der Waals surface area contributed by atoms with Crippen LogP contribution in [0.25, 0.3) is 0 Å². The fraction of sp³-hybridized carbons (Fsp3) is 0.824. The lowest BCUT2D eigenvalue weighted by Crippen LogP contribution is -2.58. The number of carbonyl (C=O) groups is 1. The molecule has 0 radical (unpaired) electrons. The van der Waals surface area contributed by atoms with E-state index in [4.69, 9.17) is 17.4 Å². The number of aliphatic hydroxyl groups is 1. The van der Waals surface area contributed by atoms with Crippen LogP contribution in [-0.2, 0) is 22.2 Å². The van der Waals surface area contributed by atoms with E-state index >= 15 is 0 Å². The zero-order valence-electron chi connectivity index (χ0n) is 18.0. The molecular formula is C17H38O6Si3. The fourth-order valence-corrected chi connectivity index (χ4v) is 13.1. The van der Waals surface area contributed by atoms with Gasteiger partial charge < -0.3 is 22.5 Å². The van der Waals surface area contributed by atoms with E-state index in [0.717, 1.165) is 6.42 Å². The van der Waals surface area contributed by atoms with E-state index in [2.05, 4.69) is 45.9 Å². The molecule has 0 heterocycles. The van der Waals surface area contributed by atoms with E-state index < -0.39 is 43.6 Å². The Morgan fingerprint density at radius 3 is 1.77 bits per heavy atom. The second-order valence-electron chi connectivity index (χ2n) is 8.64. The Morgan fingerprint density at radius 2 is 1.46 bits per heavy atom. The molecule has 0 aliphatic rings. The summed E-state index contributed by atoms with van der Waals surface area (Å²) < 4.78 is 24.4. The van der Waals surface area contributed by atoms with Crippen LogP contribution in [0.4, 0.5) is 0 Å². The summed E-state index contributed by atoms with van der Waals surface area (Å²) in [7, 11) is -6.91. The van der Waals surface area contributed by atoms with Gasteiger partial charge in [0.1, 0.15) is 12.2 Å². The quantitative estimate of drug-likeness (QED) is 0.292. The molecule has 0 spiro atoms. The monoisotopic (exact) mass is 422 g/mol. The predicted molar refractivity (Wildman–Crippen MR) is 112 cm³/mol. The molecule has 0 aromatic heterocycles. The molecule has 154 valence electrons. The number of rotatable bonds is 12. The summed E-state index contributed by atoms with van der Waals surface area (Å²) in [6.45, 7) is 21.3. The molecule has 6 nitrogen and oxygen atoms in total. The van der Waals surface area contributed by atoms with Crippen molar-refractivity contribution in [2.75, 3.05) is 6.61 Å². The van der Waals surface area contributed by atoms with Crippen LogP contribution >= 0.6 is 0 Å². The van der Waals surface area contributed by atoms with Crippen molar-refractivity contribution in [3.8, 4) is 0 Å². The van der Waals surface area contributed by atoms with Crippen molar-refractivity contribution in [1.82, 2.24) is 0 Å². The molecule has 2 unspecified atom stereocenters. The average molecular weight is 423 g/mol. The molecule has 0 aromatic carbocycles. The number of carbonyl (C=O) groups excluding carboxylic acids is 1. The SMILES string of the molecule is C=C(C)C(=O)OC(CCC)C(CO)O[Si](C)(O[Si](C)(C)C)O[Si](C)(C)C. The minimum atomic E-state index is -3.02. The molecule has 26 heavy (non-hydrogen) atoms. The first-order valence-electron chi connectivity index (χ1n) is 9.18. The van der Waals surface area contributed by atoms with Crippen LogP contribution in [0.15, 0.2) is 12.2 Å². The molecule has 0 aliphatic carbocycles. The Morgan fingerprint density at radius 1 is 1.00 bits per heavy atom. The molecule has 0 bridgehead atoms. The van der Waals surface area contributed by atoms with E-state index in [9.17, 15) is 9.90 Å².